The van der Waals surface area contributed by atoms with Crippen LogP contribution in [0.5, 0.6) is 0 Å². The Morgan fingerprint density at radius 2 is 2.18 bits per heavy atom. The van der Waals surface area contributed by atoms with Crippen LogP contribution in [0.1, 0.15) is 58.9 Å². The largest absolute Gasteiger partial charge is 0.373 e. The van der Waals surface area contributed by atoms with E-state index in [4.69, 9.17) is 9.26 Å². The summed E-state index contributed by atoms with van der Waals surface area (Å²) < 4.78 is 11.2. The molecule has 0 spiro atoms. The van der Waals surface area contributed by atoms with E-state index in [1.807, 2.05) is 11.3 Å². The maximum atomic E-state index is 5.76. The molecule has 0 N–H and O–H groups in total. The first kappa shape index (κ1) is 14.4. The Labute approximate surface area is 135 Å². The molecule has 2 aromatic heterocycles. The highest BCUT2D eigenvalue weighted by Crippen LogP contribution is 2.40. The number of hydrogen-bond acceptors (Lipinski definition) is 5. The zero-order valence-corrected chi connectivity index (χ0v) is 13.8. The fourth-order valence-corrected chi connectivity index (χ4v) is 4.19. The van der Waals surface area contributed by atoms with E-state index in [0.717, 1.165) is 31.2 Å². The van der Waals surface area contributed by atoms with E-state index < -0.39 is 0 Å². The fourth-order valence-electron chi connectivity index (χ4n) is 3.02. The van der Waals surface area contributed by atoms with Gasteiger partial charge in [-0.25, -0.2) is 0 Å². The third kappa shape index (κ3) is 3.26. The van der Waals surface area contributed by atoms with E-state index in [1.54, 1.807) is 0 Å². The summed E-state index contributed by atoms with van der Waals surface area (Å²) in [6.45, 7) is 2.69. The van der Waals surface area contributed by atoms with Gasteiger partial charge in [0.2, 0.25) is 0 Å². The van der Waals surface area contributed by atoms with Crippen molar-refractivity contribution in [3.63, 3.8) is 0 Å². The highest BCUT2D eigenvalue weighted by Gasteiger charge is 2.28. The molecule has 1 saturated heterocycles. The van der Waals surface area contributed by atoms with Crippen LogP contribution in [0.25, 0.3) is 0 Å². The molecule has 2 aromatic rings. The second-order valence-corrected chi connectivity index (χ2v) is 7.67. The van der Waals surface area contributed by atoms with Crippen LogP contribution < -0.4 is 0 Å². The molecule has 5 heteroatoms. The predicted octanol–water partition coefficient (Wildman–Crippen LogP) is 4.10. The fraction of sp³-hybridized carbons (Fsp3) is 0.588. The van der Waals surface area contributed by atoms with E-state index >= 15 is 0 Å². The summed E-state index contributed by atoms with van der Waals surface area (Å²) in [5, 5.41) is 4.19. The highest BCUT2D eigenvalue weighted by atomic mass is 32.1. The third-order valence-electron chi connectivity index (χ3n) is 4.34. The van der Waals surface area contributed by atoms with Gasteiger partial charge in [0, 0.05) is 41.4 Å². The summed E-state index contributed by atoms with van der Waals surface area (Å²) in [4.78, 5) is 5.05. The van der Waals surface area contributed by atoms with Gasteiger partial charge >= 0.3 is 0 Å². The van der Waals surface area contributed by atoms with Crippen LogP contribution in [-0.4, -0.2) is 23.7 Å². The van der Waals surface area contributed by atoms with E-state index in [-0.39, 0.29) is 0 Å². The van der Waals surface area contributed by atoms with Gasteiger partial charge in [0.15, 0.2) is 0 Å². The summed E-state index contributed by atoms with van der Waals surface area (Å²) in [7, 11) is 2.14. The van der Waals surface area contributed by atoms with Crippen molar-refractivity contribution in [1.29, 1.82) is 0 Å². The second kappa shape index (κ2) is 6.14. The Balaban J connectivity index is 1.33. The Kier molecular flexibility index (Phi) is 4.03. The van der Waals surface area contributed by atoms with Gasteiger partial charge in [-0.15, -0.1) is 11.3 Å². The van der Waals surface area contributed by atoms with Crippen molar-refractivity contribution in [2.45, 2.75) is 50.8 Å². The normalized spacial score (nSPS) is 21.8. The van der Waals surface area contributed by atoms with Gasteiger partial charge in [0.25, 0.3) is 0 Å². The lowest BCUT2D eigenvalue weighted by Crippen LogP contribution is -2.16. The lowest BCUT2D eigenvalue weighted by Gasteiger charge is -2.13. The second-order valence-electron chi connectivity index (χ2n) is 6.47. The topological polar surface area (TPSA) is 38.5 Å². The molecule has 4 rings (SSSR count). The van der Waals surface area contributed by atoms with E-state index in [1.165, 1.54) is 35.4 Å². The summed E-state index contributed by atoms with van der Waals surface area (Å²) in [6, 6.07) is 6.59. The van der Waals surface area contributed by atoms with Gasteiger partial charge in [-0.1, -0.05) is 5.16 Å². The summed E-state index contributed by atoms with van der Waals surface area (Å²) in [5.74, 6) is 1.71. The molecule has 0 amide bonds. The van der Waals surface area contributed by atoms with Crippen LogP contribution in [-0.2, 0) is 17.8 Å². The predicted molar refractivity (Wildman–Crippen MR) is 85.9 cm³/mol. The van der Waals surface area contributed by atoms with Crippen molar-refractivity contribution in [2.75, 3.05) is 13.7 Å². The molecule has 1 aliphatic heterocycles. The van der Waals surface area contributed by atoms with Gasteiger partial charge in [-0.3, -0.25) is 4.90 Å². The zero-order chi connectivity index (χ0) is 14.9. The lowest BCUT2D eigenvalue weighted by atomic mass is 10.2. The Morgan fingerprint density at radius 1 is 1.27 bits per heavy atom. The Hall–Kier alpha value is -1.17. The van der Waals surface area contributed by atoms with Crippen LogP contribution in [0.3, 0.4) is 0 Å². The van der Waals surface area contributed by atoms with E-state index in [0.29, 0.717) is 12.0 Å². The van der Waals surface area contributed by atoms with Crippen LogP contribution in [0, 0.1) is 0 Å². The number of hydrogen-bond donors (Lipinski definition) is 0. The lowest BCUT2D eigenvalue weighted by molar-refractivity contribution is 0.114. The molecule has 0 aromatic carbocycles. The summed E-state index contributed by atoms with van der Waals surface area (Å²) in [6.07, 6.45) is 5.20. The molecule has 0 bridgehead atoms. The van der Waals surface area contributed by atoms with Crippen molar-refractivity contribution in [3.8, 4) is 0 Å². The number of ether oxygens (including phenoxy) is 1. The molecule has 22 heavy (non-hydrogen) atoms. The number of aromatic nitrogens is 1. The average Bonchev–Trinajstić information content (AvgIpc) is 2.95. The van der Waals surface area contributed by atoms with Crippen molar-refractivity contribution in [3.05, 3.63) is 39.4 Å². The quantitative estimate of drug-likeness (QED) is 0.804. The first-order valence-electron chi connectivity index (χ1n) is 8.12. The zero-order valence-electron chi connectivity index (χ0n) is 13.0. The third-order valence-corrected chi connectivity index (χ3v) is 5.51. The molecular formula is C17H22N2O2S. The molecule has 3 heterocycles. The minimum absolute atomic E-state index is 0.334. The molecule has 118 valence electrons. The Bertz CT molecular complexity index is 626. The van der Waals surface area contributed by atoms with E-state index in [9.17, 15) is 0 Å². The maximum Gasteiger partial charge on any atom is 0.140 e. The van der Waals surface area contributed by atoms with E-state index in [2.05, 4.69) is 35.3 Å². The van der Waals surface area contributed by atoms with Gasteiger partial charge in [0.1, 0.15) is 5.76 Å². The number of nitrogens with zero attached hydrogens (tertiary/aromatic N) is 2. The summed E-state index contributed by atoms with van der Waals surface area (Å²) in [5.41, 5.74) is 1.04. The van der Waals surface area contributed by atoms with Crippen LogP contribution in [0.4, 0.5) is 0 Å². The average molecular weight is 318 g/mol. The molecule has 2 aliphatic rings. The van der Waals surface area contributed by atoms with Gasteiger partial charge < -0.3 is 9.26 Å². The first-order chi connectivity index (χ1) is 10.8. The van der Waals surface area contributed by atoms with Crippen molar-refractivity contribution in [2.24, 2.45) is 0 Å². The Morgan fingerprint density at radius 3 is 2.95 bits per heavy atom. The molecule has 1 aliphatic carbocycles. The molecule has 2 fully saturated rings. The van der Waals surface area contributed by atoms with Crippen molar-refractivity contribution in [1.82, 2.24) is 10.1 Å². The maximum absolute atomic E-state index is 5.76. The molecular weight excluding hydrogens is 296 g/mol. The minimum Gasteiger partial charge on any atom is -0.373 e. The van der Waals surface area contributed by atoms with Crippen LogP contribution >= 0.6 is 11.3 Å². The first-order valence-corrected chi connectivity index (χ1v) is 8.94. The molecule has 4 nitrogen and oxygen atoms in total. The van der Waals surface area contributed by atoms with Crippen molar-refractivity contribution < 1.29 is 9.26 Å². The number of rotatable bonds is 6. The van der Waals surface area contributed by atoms with Gasteiger partial charge in [-0.2, -0.15) is 0 Å². The van der Waals surface area contributed by atoms with Crippen LogP contribution in [0.15, 0.2) is 22.7 Å². The summed E-state index contributed by atoms with van der Waals surface area (Å²) >= 11 is 1.88. The monoisotopic (exact) mass is 318 g/mol. The molecule has 1 saturated carbocycles. The molecule has 0 radical (unpaired) electrons. The standard InChI is InChI=1S/C17H22N2O2S/c1-19(10-13-9-16(21-18-13)12-4-5-12)11-14-6-7-17(22-14)15-3-2-8-20-15/h6-7,9,12,15H,2-5,8,10-11H2,1H3. The molecule has 1 unspecified atom stereocenters. The highest BCUT2D eigenvalue weighted by molar-refractivity contribution is 7.12. The van der Waals surface area contributed by atoms with Crippen molar-refractivity contribution >= 4 is 11.3 Å². The molecule has 1 atom stereocenters. The smallest absolute Gasteiger partial charge is 0.140 e. The number of thiophene rings is 1. The minimum atomic E-state index is 0.334. The SMILES string of the molecule is CN(Cc1cc(C2CC2)on1)Cc1ccc(C2CCCO2)s1. The van der Waals surface area contributed by atoms with Gasteiger partial charge in [-0.05, 0) is 44.9 Å². The van der Waals surface area contributed by atoms with Crippen LogP contribution in [0.2, 0.25) is 0 Å². The van der Waals surface area contributed by atoms with Gasteiger partial charge in [0.05, 0.1) is 11.8 Å².